The maximum Gasteiger partial charge on any atom is 0.178 e. The summed E-state index contributed by atoms with van der Waals surface area (Å²) in [5.74, 6) is 0.150. The van der Waals surface area contributed by atoms with Crippen molar-refractivity contribution in [1.29, 1.82) is 0 Å². The van der Waals surface area contributed by atoms with Crippen LogP contribution >= 0.6 is 0 Å². The highest BCUT2D eigenvalue weighted by Gasteiger charge is 2.15. The van der Waals surface area contributed by atoms with Gasteiger partial charge in [-0.3, -0.25) is 0 Å². The van der Waals surface area contributed by atoms with Crippen LogP contribution in [0.3, 0.4) is 0 Å². The van der Waals surface area contributed by atoms with Crippen molar-refractivity contribution in [3.8, 4) is 0 Å². The molecule has 0 aliphatic heterocycles. The van der Waals surface area contributed by atoms with Crippen LogP contribution < -0.4 is 5.32 Å². The Hall–Kier alpha value is -2.43. The Bertz CT molecular complexity index is 910. The Morgan fingerprint density at radius 2 is 1.30 bits per heavy atom. The predicted octanol–water partition coefficient (Wildman–Crippen LogP) is 4.42. The van der Waals surface area contributed by atoms with Crippen molar-refractivity contribution in [2.24, 2.45) is 0 Å². The molecule has 3 nitrogen and oxygen atoms in total. The molecule has 0 fully saturated rings. The lowest BCUT2D eigenvalue weighted by molar-refractivity contribution is 0.526. The summed E-state index contributed by atoms with van der Waals surface area (Å²) in [4.78, 5) is 0.397. The second-order valence-corrected chi connectivity index (χ2v) is 8.70. The van der Waals surface area contributed by atoms with E-state index in [1.54, 1.807) is 24.3 Å². The summed E-state index contributed by atoms with van der Waals surface area (Å²) in [6, 6.07) is 29.5. The molecule has 3 aromatic carbocycles. The zero-order valence-corrected chi connectivity index (χ0v) is 16.1. The smallest absolute Gasteiger partial charge is 0.178 e. The van der Waals surface area contributed by atoms with Crippen LogP contribution in [0.25, 0.3) is 0 Å². The number of rotatable bonds is 9. The zero-order valence-electron chi connectivity index (χ0n) is 15.3. The first-order valence-electron chi connectivity index (χ1n) is 9.25. The Balaban J connectivity index is 1.60. The second kappa shape index (κ2) is 9.49. The van der Waals surface area contributed by atoms with Gasteiger partial charge in [0.25, 0.3) is 0 Å². The van der Waals surface area contributed by atoms with Gasteiger partial charge in [0.15, 0.2) is 9.84 Å². The normalized spacial score (nSPS) is 12.6. The molecule has 27 heavy (non-hydrogen) atoms. The minimum absolute atomic E-state index is 0.150. The van der Waals surface area contributed by atoms with E-state index in [2.05, 4.69) is 29.6 Å². The summed E-state index contributed by atoms with van der Waals surface area (Å²) < 4.78 is 24.8. The molecule has 0 aliphatic rings. The summed E-state index contributed by atoms with van der Waals surface area (Å²) in [7, 11) is -3.22. The zero-order chi connectivity index (χ0) is 19.0. The number of hydrogen-bond acceptors (Lipinski definition) is 3. The Kier molecular flexibility index (Phi) is 6.80. The van der Waals surface area contributed by atoms with Gasteiger partial charge in [0.05, 0.1) is 10.6 Å². The highest BCUT2D eigenvalue weighted by molar-refractivity contribution is 7.91. The van der Waals surface area contributed by atoms with Crippen LogP contribution in [0.4, 0.5) is 0 Å². The van der Waals surface area contributed by atoms with Crippen molar-refractivity contribution < 1.29 is 8.42 Å². The van der Waals surface area contributed by atoms with Crippen LogP contribution in [0.5, 0.6) is 0 Å². The average Bonchev–Trinajstić information content (AvgIpc) is 2.72. The molecule has 0 radical (unpaired) electrons. The van der Waals surface area contributed by atoms with E-state index in [1.807, 2.05) is 42.5 Å². The Morgan fingerprint density at radius 3 is 1.93 bits per heavy atom. The first-order chi connectivity index (χ1) is 13.1. The first-order valence-corrected chi connectivity index (χ1v) is 10.9. The van der Waals surface area contributed by atoms with Crippen molar-refractivity contribution in [3.63, 3.8) is 0 Å². The molecular weight excluding hydrogens is 354 g/mol. The third-order valence-corrected chi connectivity index (χ3v) is 6.38. The molecule has 3 rings (SSSR count). The fraction of sp³-hybridized carbons (Fsp3) is 0.217. The maximum atomic E-state index is 12.4. The van der Waals surface area contributed by atoms with Gasteiger partial charge in [-0.1, -0.05) is 78.9 Å². The fourth-order valence-corrected chi connectivity index (χ4v) is 4.46. The number of hydrogen-bond donors (Lipinski definition) is 1. The highest BCUT2D eigenvalue weighted by atomic mass is 32.2. The Morgan fingerprint density at radius 1 is 0.741 bits per heavy atom. The quantitative estimate of drug-likeness (QED) is 0.560. The van der Waals surface area contributed by atoms with E-state index in [-0.39, 0.29) is 11.8 Å². The SMILES string of the molecule is O=S(=O)(CCCN[C@@H](Cc1ccccc1)c1ccccc1)c1ccccc1. The van der Waals surface area contributed by atoms with Gasteiger partial charge in [-0.25, -0.2) is 8.42 Å². The van der Waals surface area contributed by atoms with Crippen LogP contribution in [-0.4, -0.2) is 20.7 Å². The standard InChI is InChI=1S/C23H25NO2S/c25-27(26,22-15-8-3-9-16-22)18-10-17-24-23(21-13-6-2-7-14-21)19-20-11-4-1-5-12-20/h1-9,11-16,23-24H,10,17-19H2/t23-/m0/s1. The van der Waals surface area contributed by atoms with E-state index in [9.17, 15) is 8.42 Å². The van der Waals surface area contributed by atoms with Gasteiger partial charge >= 0.3 is 0 Å². The molecule has 0 aliphatic carbocycles. The lowest BCUT2D eigenvalue weighted by Crippen LogP contribution is -2.26. The lowest BCUT2D eigenvalue weighted by Gasteiger charge is -2.19. The van der Waals surface area contributed by atoms with E-state index in [1.165, 1.54) is 11.1 Å². The first kappa shape index (κ1) is 19.3. The minimum Gasteiger partial charge on any atom is -0.310 e. The van der Waals surface area contributed by atoms with Crippen LogP contribution in [0, 0.1) is 0 Å². The van der Waals surface area contributed by atoms with Gasteiger partial charge in [-0.2, -0.15) is 0 Å². The molecule has 0 bridgehead atoms. The minimum atomic E-state index is -3.22. The average molecular weight is 380 g/mol. The van der Waals surface area contributed by atoms with Gasteiger partial charge in [-0.15, -0.1) is 0 Å². The van der Waals surface area contributed by atoms with Crippen molar-refractivity contribution in [3.05, 3.63) is 102 Å². The summed E-state index contributed by atoms with van der Waals surface area (Å²) in [5, 5.41) is 3.54. The third-order valence-electron chi connectivity index (χ3n) is 4.57. The second-order valence-electron chi connectivity index (χ2n) is 6.59. The lowest BCUT2D eigenvalue weighted by atomic mass is 9.99. The molecule has 0 saturated carbocycles. The summed E-state index contributed by atoms with van der Waals surface area (Å²) in [6.45, 7) is 0.651. The van der Waals surface area contributed by atoms with E-state index < -0.39 is 9.84 Å². The van der Waals surface area contributed by atoms with E-state index in [4.69, 9.17) is 0 Å². The largest absolute Gasteiger partial charge is 0.310 e. The topological polar surface area (TPSA) is 46.2 Å². The van der Waals surface area contributed by atoms with Crippen LogP contribution in [0.15, 0.2) is 95.9 Å². The predicted molar refractivity (Wildman–Crippen MR) is 110 cm³/mol. The van der Waals surface area contributed by atoms with Gasteiger partial charge in [0.1, 0.15) is 0 Å². The summed E-state index contributed by atoms with van der Waals surface area (Å²) >= 11 is 0. The van der Waals surface area contributed by atoms with E-state index >= 15 is 0 Å². The molecule has 4 heteroatoms. The molecule has 0 aromatic heterocycles. The molecule has 140 valence electrons. The van der Waals surface area contributed by atoms with Crippen molar-refractivity contribution in [2.75, 3.05) is 12.3 Å². The molecule has 3 aromatic rings. The molecule has 0 spiro atoms. The summed E-state index contributed by atoms with van der Waals surface area (Å²) in [5.41, 5.74) is 2.48. The monoisotopic (exact) mass is 379 g/mol. The van der Waals surface area contributed by atoms with Crippen molar-refractivity contribution in [2.45, 2.75) is 23.8 Å². The van der Waals surface area contributed by atoms with Gasteiger partial charge < -0.3 is 5.32 Å². The van der Waals surface area contributed by atoms with E-state index in [0.29, 0.717) is 17.9 Å². The van der Waals surface area contributed by atoms with Gasteiger partial charge in [0.2, 0.25) is 0 Å². The molecule has 0 unspecified atom stereocenters. The molecule has 0 amide bonds. The molecular formula is C23H25NO2S. The van der Waals surface area contributed by atoms with E-state index in [0.717, 1.165) is 6.42 Å². The summed E-state index contributed by atoms with van der Waals surface area (Å²) in [6.07, 6.45) is 1.45. The third kappa shape index (κ3) is 5.78. The molecule has 1 atom stereocenters. The van der Waals surface area contributed by atoms with Crippen LogP contribution in [0.1, 0.15) is 23.6 Å². The van der Waals surface area contributed by atoms with Crippen molar-refractivity contribution in [1.82, 2.24) is 5.32 Å². The van der Waals surface area contributed by atoms with Crippen LogP contribution in [0.2, 0.25) is 0 Å². The van der Waals surface area contributed by atoms with Crippen molar-refractivity contribution >= 4 is 9.84 Å². The number of benzene rings is 3. The van der Waals surface area contributed by atoms with Gasteiger partial charge in [-0.05, 0) is 42.6 Å². The molecule has 1 N–H and O–H groups in total. The maximum absolute atomic E-state index is 12.4. The van der Waals surface area contributed by atoms with Crippen LogP contribution in [-0.2, 0) is 16.3 Å². The highest BCUT2D eigenvalue weighted by Crippen LogP contribution is 2.18. The molecule has 0 heterocycles. The molecule has 0 saturated heterocycles. The fourth-order valence-electron chi connectivity index (χ4n) is 3.13. The van der Waals surface area contributed by atoms with Gasteiger partial charge in [0, 0.05) is 6.04 Å². The number of nitrogens with one attached hydrogen (secondary N) is 1. The number of sulfone groups is 1. The Labute approximate surface area is 162 Å².